The number of carbonyl (C=O) groups excluding carboxylic acids is 1. The number of amides is 1. The maximum Gasteiger partial charge on any atom is 0.251 e. The molecule has 0 aliphatic carbocycles. The summed E-state index contributed by atoms with van der Waals surface area (Å²) in [5, 5.41) is 2.86. The van der Waals surface area contributed by atoms with Gasteiger partial charge in [0.2, 0.25) is 0 Å². The minimum Gasteiger partial charge on any atom is -0.350 e. The molecular weight excluding hydrogens is 208 g/mol. The highest BCUT2D eigenvalue weighted by Gasteiger charge is 2.07. The van der Waals surface area contributed by atoms with E-state index in [-0.39, 0.29) is 11.9 Å². The molecule has 0 saturated carbocycles. The van der Waals surface area contributed by atoms with Crippen molar-refractivity contribution in [3.63, 3.8) is 0 Å². The summed E-state index contributed by atoms with van der Waals surface area (Å²) in [6.07, 6.45) is 0. The zero-order valence-electron chi connectivity index (χ0n) is 8.65. The van der Waals surface area contributed by atoms with Crippen molar-refractivity contribution in [3.05, 3.63) is 29.3 Å². The highest BCUT2D eigenvalue weighted by atomic mass is 32.1. The Morgan fingerprint density at radius 2 is 2.27 bits per heavy atom. The summed E-state index contributed by atoms with van der Waals surface area (Å²) >= 11 is 1.55. The molecule has 1 N–H and O–H groups in total. The van der Waals surface area contributed by atoms with Crippen LogP contribution in [-0.4, -0.2) is 16.9 Å². The summed E-state index contributed by atoms with van der Waals surface area (Å²) in [5.41, 5.74) is 3.43. The number of nitrogens with zero attached hydrogens (tertiary/aromatic N) is 1. The maximum absolute atomic E-state index is 11.7. The summed E-state index contributed by atoms with van der Waals surface area (Å²) in [5.74, 6) is -0.0275. The van der Waals surface area contributed by atoms with E-state index in [2.05, 4.69) is 10.3 Å². The molecule has 3 nitrogen and oxygen atoms in total. The van der Waals surface area contributed by atoms with Crippen molar-refractivity contribution < 1.29 is 4.79 Å². The molecule has 4 heteroatoms. The van der Waals surface area contributed by atoms with Gasteiger partial charge in [-0.3, -0.25) is 4.79 Å². The van der Waals surface area contributed by atoms with Crippen molar-refractivity contribution in [2.45, 2.75) is 19.9 Å². The Hall–Kier alpha value is -1.42. The molecule has 1 heterocycles. The van der Waals surface area contributed by atoms with E-state index in [9.17, 15) is 4.79 Å². The fourth-order valence-electron chi connectivity index (χ4n) is 1.34. The van der Waals surface area contributed by atoms with Crippen molar-refractivity contribution >= 4 is 27.5 Å². The lowest BCUT2D eigenvalue weighted by atomic mass is 10.2. The van der Waals surface area contributed by atoms with Crippen LogP contribution in [0.3, 0.4) is 0 Å². The van der Waals surface area contributed by atoms with Gasteiger partial charge in [0.1, 0.15) is 0 Å². The fraction of sp³-hybridized carbons (Fsp3) is 0.273. The van der Waals surface area contributed by atoms with Gasteiger partial charge in [0.25, 0.3) is 5.91 Å². The molecule has 0 radical (unpaired) electrons. The molecular formula is C11H12N2OS. The predicted molar refractivity (Wildman–Crippen MR) is 62.2 cm³/mol. The SMILES string of the molecule is CC(C)NC(=O)c1ccc2ncsc2c1. The molecule has 78 valence electrons. The van der Waals surface area contributed by atoms with Crippen LogP contribution in [0.25, 0.3) is 10.2 Å². The maximum atomic E-state index is 11.7. The van der Waals surface area contributed by atoms with Crippen LogP contribution < -0.4 is 5.32 Å². The van der Waals surface area contributed by atoms with Crippen molar-refractivity contribution in [3.8, 4) is 0 Å². The van der Waals surface area contributed by atoms with E-state index in [4.69, 9.17) is 0 Å². The summed E-state index contributed by atoms with van der Waals surface area (Å²) < 4.78 is 1.05. The quantitative estimate of drug-likeness (QED) is 0.844. The summed E-state index contributed by atoms with van der Waals surface area (Å²) in [4.78, 5) is 15.9. The van der Waals surface area contributed by atoms with Gasteiger partial charge in [-0.05, 0) is 32.0 Å². The second kappa shape index (κ2) is 3.98. The van der Waals surface area contributed by atoms with Crippen LogP contribution in [-0.2, 0) is 0 Å². The Balaban J connectivity index is 2.31. The first-order valence-corrected chi connectivity index (χ1v) is 5.69. The van der Waals surface area contributed by atoms with E-state index in [1.54, 1.807) is 22.9 Å². The van der Waals surface area contributed by atoms with E-state index in [1.807, 2.05) is 26.0 Å². The lowest BCUT2D eigenvalue weighted by molar-refractivity contribution is 0.0943. The predicted octanol–water partition coefficient (Wildman–Crippen LogP) is 2.43. The monoisotopic (exact) mass is 220 g/mol. The van der Waals surface area contributed by atoms with Crippen molar-refractivity contribution in [1.29, 1.82) is 0 Å². The van der Waals surface area contributed by atoms with Gasteiger partial charge in [-0.15, -0.1) is 11.3 Å². The van der Waals surface area contributed by atoms with Gasteiger partial charge >= 0.3 is 0 Å². The summed E-state index contributed by atoms with van der Waals surface area (Å²) in [7, 11) is 0. The molecule has 0 spiro atoms. The zero-order valence-corrected chi connectivity index (χ0v) is 9.47. The third-order valence-electron chi connectivity index (χ3n) is 2.01. The van der Waals surface area contributed by atoms with E-state index in [0.717, 1.165) is 10.2 Å². The molecule has 1 aromatic heterocycles. The van der Waals surface area contributed by atoms with E-state index in [1.165, 1.54) is 0 Å². The van der Waals surface area contributed by atoms with Crippen LogP contribution >= 0.6 is 11.3 Å². The lowest BCUT2D eigenvalue weighted by Gasteiger charge is -2.07. The number of nitrogens with one attached hydrogen (secondary N) is 1. The van der Waals surface area contributed by atoms with Crippen molar-refractivity contribution in [2.75, 3.05) is 0 Å². The van der Waals surface area contributed by atoms with Crippen LogP contribution in [0.15, 0.2) is 23.7 Å². The molecule has 1 amide bonds. The van der Waals surface area contributed by atoms with E-state index in [0.29, 0.717) is 5.56 Å². The first-order valence-electron chi connectivity index (χ1n) is 4.81. The number of fused-ring (bicyclic) bond motifs is 1. The van der Waals surface area contributed by atoms with Crippen LogP contribution in [0.2, 0.25) is 0 Å². The second-order valence-corrected chi connectivity index (χ2v) is 4.55. The van der Waals surface area contributed by atoms with Crippen LogP contribution in [0.1, 0.15) is 24.2 Å². The first kappa shape index (κ1) is 10.1. The first-order chi connectivity index (χ1) is 7.16. The normalized spacial score (nSPS) is 10.9. The average molecular weight is 220 g/mol. The lowest BCUT2D eigenvalue weighted by Crippen LogP contribution is -2.29. The molecule has 0 fully saturated rings. The highest BCUT2D eigenvalue weighted by Crippen LogP contribution is 2.18. The molecule has 0 saturated heterocycles. The number of thiazole rings is 1. The second-order valence-electron chi connectivity index (χ2n) is 3.66. The Morgan fingerprint density at radius 1 is 1.47 bits per heavy atom. The molecule has 15 heavy (non-hydrogen) atoms. The van der Waals surface area contributed by atoms with Crippen LogP contribution in [0.5, 0.6) is 0 Å². The largest absolute Gasteiger partial charge is 0.350 e. The fourth-order valence-corrected chi connectivity index (χ4v) is 2.06. The molecule has 0 atom stereocenters. The van der Waals surface area contributed by atoms with Gasteiger partial charge in [0, 0.05) is 11.6 Å². The molecule has 0 aliphatic heterocycles. The Labute approximate surface area is 92.1 Å². The molecule has 0 bridgehead atoms. The summed E-state index contributed by atoms with van der Waals surface area (Å²) in [6, 6.07) is 5.72. The topological polar surface area (TPSA) is 42.0 Å². The van der Waals surface area contributed by atoms with Gasteiger partial charge in [0.05, 0.1) is 15.7 Å². The zero-order chi connectivity index (χ0) is 10.8. The van der Waals surface area contributed by atoms with Crippen LogP contribution in [0.4, 0.5) is 0 Å². The van der Waals surface area contributed by atoms with Crippen molar-refractivity contribution in [1.82, 2.24) is 10.3 Å². The standard InChI is InChI=1S/C11H12N2OS/c1-7(2)13-11(14)8-3-4-9-10(5-8)15-6-12-9/h3-7H,1-2H3,(H,13,14). The number of aromatic nitrogens is 1. The Morgan fingerprint density at radius 3 is 3.00 bits per heavy atom. The van der Waals surface area contributed by atoms with Gasteiger partial charge in [-0.25, -0.2) is 4.98 Å². The third-order valence-corrected chi connectivity index (χ3v) is 2.80. The Bertz CT molecular complexity index is 490. The van der Waals surface area contributed by atoms with Gasteiger partial charge < -0.3 is 5.32 Å². The minimum atomic E-state index is -0.0275. The van der Waals surface area contributed by atoms with Crippen LogP contribution in [0, 0.1) is 0 Å². The number of hydrogen-bond acceptors (Lipinski definition) is 3. The molecule has 2 rings (SSSR count). The third kappa shape index (κ3) is 2.15. The number of carbonyl (C=O) groups is 1. The highest BCUT2D eigenvalue weighted by molar-refractivity contribution is 7.16. The van der Waals surface area contributed by atoms with E-state index < -0.39 is 0 Å². The minimum absolute atomic E-state index is 0.0275. The smallest absolute Gasteiger partial charge is 0.251 e. The van der Waals surface area contributed by atoms with Gasteiger partial charge in [0.15, 0.2) is 0 Å². The number of rotatable bonds is 2. The number of benzene rings is 1. The Kier molecular flexibility index (Phi) is 2.68. The van der Waals surface area contributed by atoms with Gasteiger partial charge in [-0.1, -0.05) is 0 Å². The molecule has 0 unspecified atom stereocenters. The average Bonchev–Trinajstić information content (AvgIpc) is 2.62. The van der Waals surface area contributed by atoms with E-state index >= 15 is 0 Å². The van der Waals surface area contributed by atoms with Gasteiger partial charge in [-0.2, -0.15) is 0 Å². The molecule has 2 aromatic rings. The van der Waals surface area contributed by atoms with Crippen molar-refractivity contribution in [2.24, 2.45) is 0 Å². The number of hydrogen-bond donors (Lipinski definition) is 1. The molecule has 1 aromatic carbocycles. The molecule has 0 aliphatic rings. The summed E-state index contributed by atoms with van der Waals surface area (Å²) in [6.45, 7) is 3.90.